The maximum atomic E-state index is 4.65. The van der Waals surface area contributed by atoms with Gasteiger partial charge in [0, 0.05) is 24.9 Å². The fourth-order valence-corrected chi connectivity index (χ4v) is 3.55. The molecule has 1 aliphatic heterocycles. The Kier molecular flexibility index (Phi) is 5.44. The summed E-state index contributed by atoms with van der Waals surface area (Å²) in [5.74, 6) is 3.28. The minimum absolute atomic E-state index is 0.465. The molecule has 0 atom stereocenters. The van der Waals surface area contributed by atoms with Crippen LogP contribution in [0.3, 0.4) is 0 Å². The van der Waals surface area contributed by atoms with Crippen molar-refractivity contribution in [2.75, 3.05) is 6.54 Å². The van der Waals surface area contributed by atoms with Crippen molar-refractivity contribution in [1.82, 2.24) is 30.4 Å². The molecule has 1 aliphatic rings. The Balaban J connectivity index is 1.60. The molecule has 0 aromatic carbocycles. The van der Waals surface area contributed by atoms with E-state index in [0.717, 1.165) is 54.2 Å². The van der Waals surface area contributed by atoms with Crippen molar-refractivity contribution in [3.05, 3.63) is 27.7 Å². The first-order valence-corrected chi connectivity index (χ1v) is 9.42. The lowest BCUT2D eigenvalue weighted by Gasteiger charge is -2.10. The Labute approximate surface area is 146 Å². The quantitative estimate of drug-likeness (QED) is 0.618. The van der Waals surface area contributed by atoms with Crippen molar-refractivity contribution >= 4 is 17.3 Å². The fourth-order valence-electron chi connectivity index (χ4n) is 2.65. The molecule has 0 spiro atoms. The zero-order valence-electron chi connectivity index (χ0n) is 14.5. The monoisotopic (exact) mass is 347 g/mol. The van der Waals surface area contributed by atoms with Crippen molar-refractivity contribution in [2.45, 2.75) is 59.2 Å². The number of aliphatic imine (C=N–C) groups is 1. The maximum absolute atomic E-state index is 4.65. The van der Waals surface area contributed by atoms with E-state index in [-0.39, 0.29) is 0 Å². The highest BCUT2D eigenvalue weighted by atomic mass is 32.1. The van der Waals surface area contributed by atoms with Crippen LogP contribution >= 0.6 is 11.3 Å². The van der Waals surface area contributed by atoms with Crippen LogP contribution in [0.25, 0.3) is 0 Å². The fraction of sp³-hybridized carbons (Fsp3) is 0.625. The second kappa shape index (κ2) is 7.74. The van der Waals surface area contributed by atoms with Crippen LogP contribution in [-0.4, -0.2) is 32.3 Å². The average molecular weight is 347 g/mol. The average Bonchev–Trinajstić information content (AvgIpc) is 3.26. The molecule has 0 saturated carbocycles. The van der Waals surface area contributed by atoms with E-state index >= 15 is 0 Å². The Morgan fingerprint density at radius 3 is 3.00 bits per heavy atom. The SMILES string of the molecule is CCNC(=NCc1nnc2n1CCC2)NCc1nc(C(C)C)cs1. The van der Waals surface area contributed by atoms with Gasteiger partial charge in [0.1, 0.15) is 17.4 Å². The number of hydrogen-bond donors (Lipinski definition) is 2. The van der Waals surface area contributed by atoms with E-state index in [2.05, 4.69) is 61.5 Å². The minimum atomic E-state index is 0.465. The third kappa shape index (κ3) is 3.92. The summed E-state index contributed by atoms with van der Waals surface area (Å²) in [5.41, 5.74) is 1.15. The summed E-state index contributed by atoms with van der Waals surface area (Å²) in [6.07, 6.45) is 2.18. The predicted molar refractivity (Wildman–Crippen MR) is 96.2 cm³/mol. The number of aryl methyl sites for hydroxylation is 1. The first kappa shape index (κ1) is 16.9. The topological polar surface area (TPSA) is 80.0 Å². The Hall–Kier alpha value is -1.96. The van der Waals surface area contributed by atoms with Gasteiger partial charge in [0.2, 0.25) is 0 Å². The molecular weight excluding hydrogens is 322 g/mol. The van der Waals surface area contributed by atoms with Crippen LogP contribution in [0.15, 0.2) is 10.4 Å². The summed E-state index contributed by atoms with van der Waals surface area (Å²) >= 11 is 1.69. The van der Waals surface area contributed by atoms with Gasteiger partial charge in [-0.1, -0.05) is 13.8 Å². The molecule has 8 heteroatoms. The van der Waals surface area contributed by atoms with Gasteiger partial charge in [-0.25, -0.2) is 9.98 Å². The van der Waals surface area contributed by atoms with Crippen molar-refractivity contribution < 1.29 is 0 Å². The molecule has 0 radical (unpaired) electrons. The van der Waals surface area contributed by atoms with E-state index in [9.17, 15) is 0 Å². The maximum Gasteiger partial charge on any atom is 0.192 e. The predicted octanol–water partition coefficient (Wildman–Crippen LogP) is 2.06. The van der Waals surface area contributed by atoms with Crippen LogP contribution in [0, 0.1) is 0 Å². The highest BCUT2D eigenvalue weighted by Crippen LogP contribution is 2.17. The molecule has 0 saturated heterocycles. The zero-order valence-corrected chi connectivity index (χ0v) is 15.4. The molecule has 7 nitrogen and oxygen atoms in total. The number of nitrogens with zero attached hydrogens (tertiary/aromatic N) is 5. The molecule has 0 aliphatic carbocycles. The third-order valence-electron chi connectivity index (χ3n) is 3.98. The molecule has 2 aromatic heterocycles. The Bertz CT molecular complexity index is 701. The summed E-state index contributed by atoms with van der Waals surface area (Å²) in [6, 6.07) is 0. The number of thiazole rings is 1. The standard InChI is InChI=1S/C16H25N7S/c1-4-17-16(19-9-15-20-12(10-24-15)11(2)3)18-8-14-22-21-13-6-5-7-23(13)14/h10-11H,4-9H2,1-3H3,(H2,17,18,19). The summed E-state index contributed by atoms with van der Waals surface area (Å²) < 4.78 is 2.18. The zero-order chi connectivity index (χ0) is 16.9. The van der Waals surface area contributed by atoms with Crippen molar-refractivity contribution in [3.63, 3.8) is 0 Å². The van der Waals surface area contributed by atoms with Gasteiger partial charge in [-0.2, -0.15) is 0 Å². The molecule has 3 rings (SSSR count). The lowest BCUT2D eigenvalue weighted by Crippen LogP contribution is -2.36. The second-order valence-electron chi connectivity index (χ2n) is 6.16. The number of hydrogen-bond acceptors (Lipinski definition) is 5. The third-order valence-corrected chi connectivity index (χ3v) is 4.84. The van der Waals surface area contributed by atoms with E-state index in [4.69, 9.17) is 0 Å². The molecule has 2 aromatic rings. The Morgan fingerprint density at radius 1 is 1.38 bits per heavy atom. The minimum Gasteiger partial charge on any atom is -0.357 e. The summed E-state index contributed by atoms with van der Waals surface area (Å²) in [4.78, 5) is 9.28. The van der Waals surface area contributed by atoms with Crippen LogP contribution in [0.5, 0.6) is 0 Å². The van der Waals surface area contributed by atoms with Gasteiger partial charge < -0.3 is 15.2 Å². The highest BCUT2D eigenvalue weighted by molar-refractivity contribution is 7.09. The molecule has 3 heterocycles. The lowest BCUT2D eigenvalue weighted by atomic mass is 10.2. The molecule has 0 fully saturated rings. The van der Waals surface area contributed by atoms with Crippen LogP contribution in [0.1, 0.15) is 55.5 Å². The first-order valence-electron chi connectivity index (χ1n) is 8.54. The van der Waals surface area contributed by atoms with E-state index in [0.29, 0.717) is 19.0 Å². The van der Waals surface area contributed by atoms with E-state index in [1.54, 1.807) is 11.3 Å². The molecule has 24 heavy (non-hydrogen) atoms. The molecule has 130 valence electrons. The summed E-state index contributed by atoms with van der Waals surface area (Å²) in [5, 5.41) is 18.3. The van der Waals surface area contributed by atoms with Crippen LogP contribution < -0.4 is 10.6 Å². The second-order valence-corrected chi connectivity index (χ2v) is 7.10. The first-order chi connectivity index (χ1) is 11.7. The van der Waals surface area contributed by atoms with Gasteiger partial charge in [0.15, 0.2) is 11.8 Å². The van der Waals surface area contributed by atoms with E-state index in [1.807, 2.05) is 0 Å². The number of nitrogens with one attached hydrogen (secondary N) is 2. The highest BCUT2D eigenvalue weighted by Gasteiger charge is 2.16. The van der Waals surface area contributed by atoms with Gasteiger partial charge in [-0.3, -0.25) is 0 Å². The van der Waals surface area contributed by atoms with Gasteiger partial charge in [-0.05, 0) is 19.3 Å². The number of rotatable bonds is 6. The van der Waals surface area contributed by atoms with Crippen LogP contribution in [0.4, 0.5) is 0 Å². The van der Waals surface area contributed by atoms with Gasteiger partial charge in [-0.15, -0.1) is 21.5 Å². The number of guanidine groups is 1. The van der Waals surface area contributed by atoms with E-state index in [1.165, 1.54) is 0 Å². The normalized spacial score (nSPS) is 14.2. The van der Waals surface area contributed by atoms with Crippen molar-refractivity contribution in [2.24, 2.45) is 4.99 Å². The molecule has 0 unspecified atom stereocenters. The van der Waals surface area contributed by atoms with Crippen molar-refractivity contribution in [3.8, 4) is 0 Å². The summed E-state index contributed by atoms with van der Waals surface area (Å²) in [7, 11) is 0. The molecular formula is C16H25N7S. The van der Waals surface area contributed by atoms with Crippen LogP contribution in [0.2, 0.25) is 0 Å². The molecule has 2 N–H and O–H groups in total. The van der Waals surface area contributed by atoms with E-state index < -0.39 is 0 Å². The molecule has 0 bridgehead atoms. The Morgan fingerprint density at radius 2 is 2.25 bits per heavy atom. The summed E-state index contributed by atoms with van der Waals surface area (Å²) in [6.45, 7) is 9.43. The van der Waals surface area contributed by atoms with Gasteiger partial charge >= 0.3 is 0 Å². The number of aromatic nitrogens is 4. The lowest BCUT2D eigenvalue weighted by molar-refractivity contribution is 0.684. The van der Waals surface area contributed by atoms with Crippen LogP contribution in [-0.2, 0) is 26.1 Å². The largest absolute Gasteiger partial charge is 0.357 e. The molecule has 0 amide bonds. The number of fused-ring (bicyclic) bond motifs is 1. The van der Waals surface area contributed by atoms with Gasteiger partial charge in [0.05, 0.1) is 12.2 Å². The van der Waals surface area contributed by atoms with Gasteiger partial charge in [0.25, 0.3) is 0 Å². The smallest absolute Gasteiger partial charge is 0.192 e. The van der Waals surface area contributed by atoms with Crippen molar-refractivity contribution in [1.29, 1.82) is 0 Å².